The summed E-state index contributed by atoms with van der Waals surface area (Å²) in [4.78, 5) is 11.2. The molecule has 1 N–H and O–H groups in total. The number of hydrogen-bond donors (Lipinski definition) is 1. The van der Waals surface area contributed by atoms with Gasteiger partial charge in [0.1, 0.15) is 5.82 Å². The summed E-state index contributed by atoms with van der Waals surface area (Å²) in [5.41, 5.74) is 2.75. The van der Waals surface area contributed by atoms with E-state index in [1.54, 1.807) is 0 Å². The Morgan fingerprint density at radius 3 is 2.67 bits per heavy atom. The number of benzene rings is 1. The minimum absolute atomic E-state index is 0. The third kappa shape index (κ3) is 5.82. The van der Waals surface area contributed by atoms with Crippen molar-refractivity contribution >= 4 is 35.5 Å². The third-order valence-electron chi connectivity index (χ3n) is 4.63. The lowest BCUT2D eigenvalue weighted by Gasteiger charge is -2.29. The lowest BCUT2D eigenvalue weighted by atomic mass is 10.00. The molecule has 0 spiro atoms. The largest absolute Gasteiger partial charge is 0.349 e. The van der Waals surface area contributed by atoms with Crippen LogP contribution in [0.1, 0.15) is 31.7 Å². The third-order valence-corrected chi connectivity index (χ3v) is 4.63. The van der Waals surface area contributed by atoms with Crippen molar-refractivity contribution in [1.29, 1.82) is 0 Å². The van der Waals surface area contributed by atoms with Crippen LogP contribution >= 0.6 is 24.0 Å². The Kier molecular flexibility index (Phi) is 8.34. The van der Waals surface area contributed by atoms with E-state index in [2.05, 4.69) is 81.2 Å². The normalized spacial score (nSPS) is 14.7. The molecule has 0 radical (unpaired) electrons. The van der Waals surface area contributed by atoms with Crippen molar-refractivity contribution < 1.29 is 0 Å². The molecular formula is C21H30IN5. The highest BCUT2D eigenvalue weighted by Crippen LogP contribution is 2.22. The zero-order chi connectivity index (χ0) is 18.4. The van der Waals surface area contributed by atoms with Crippen LogP contribution in [0.2, 0.25) is 0 Å². The molecule has 1 aliphatic rings. The van der Waals surface area contributed by atoms with Gasteiger partial charge in [-0.25, -0.2) is 4.98 Å². The summed E-state index contributed by atoms with van der Waals surface area (Å²) in [7, 11) is 1.85. The van der Waals surface area contributed by atoms with E-state index < -0.39 is 0 Å². The number of nitrogens with one attached hydrogen (secondary N) is 1. The highest BCUT2D eigenvalue weighted by Gasteiger charge is 2.16. The minimum Gasteiger partial charge on any atom is -0.349 e. The first-order chi connectivity index (χ1) is 12.7. The molecule has 0 amide bonds. The van der Waals surface area contributed by atoms with Gasteiger partial charge in [-0.3, -0.25) is 4.99 Å². The lowest BCUT2D eigenvalue weighted by molar-refractivity contribution is 0.436. The van der Waals surface area contributed by atoms with Crippen LogP contribution < -0.4 is 5.32 Å². The number of rotatable bonds is 5. The Morgan fingerprint density at radius 1 is 1.26 bits per heavy atom. The molecule has 0 saturated heterocycles. The number of halogens is 1. The second kappa shape index (κ2) is 10.5. The molecule has 0 fully saturated rings. The maximum Gasteiger partial charge on any atom is 0.194 e. The fourth-order valence-electron chi connectivity index (χ4n) is 3.33. The molecule has 5 nitrogen and oxygen atoms in total. The predicted octanol–water partition coefficient (Wildman–Crippen LogP) is 4.02. The van der Waals surface area contributed by atoms with Gasteiger partial charge in [-0.05, 0) is 23.5 Å². The summed E-state index contributed by atoms with van der Waals surface area (Å²) in [6.07, 6.45) is 7.27. The molecule has 0 saturated carbocycles. The van der Waals surface area contributed by atoms with Crippen molar-refractivity contribution in [2.24, 2.45) is 10.9 Å². The first-order valence-corrected chi connectivity index (χ1v) is 9.37. The lowest BCUT2D eigenvalue weighted by Crippen LogP contribution is -2.43. The van der Waals surface area contributed by atoms with Gasteiger partial charge in [0.15, 0.2) is 5.96 Å². The molecular weight excluding hydrogens is 449 g/mol. The smallest absolute Gasteiger partial charge is 0.194 e. The van der Waals surface area contributed by atoms with E-state index in [9.17, 15) is 0 Å². The fraction of sp³-hybridized carbons (Fsp3) is 0.429. The van der Waals surface area contributed by atoms with Gasteiger partial charge in [-0.1, -0.05) is 50.3 Å². The van der Waals surface area contributed by atoms with Crippen molar-refractivity contribution in [3.63, 3.8) is 0 Å². The summed E-state index contributed by atoms with van der Waals surface area (Å²) in [6.45, 7) is 7.98. The molecule has 1 aromatic heterocycles. The van der Waals surface area contributed by atoms with Gasteiger partial charge in [0, 0.05) is 39.1 Å². The summed E-state index contributed by atoms with van der Waals surface area (Å²) in [6, 6.07) is 10.6. The van der Waals surface area contributed by atoms with E-state index in [-0.39, 0.29) is 24.0 Å². The van der Waals surface area contributed by atoms with Gasteiger partial charge < -0.3 is 14.8 Å². The summed E-state index contributed by atoms with van der Waals surface area (Å²) < 4.78 is 2.22. The second-order valence-electron chi connectivity index (χ2n) is 7.08. The van der Waals surface area contributed by atoms with Crippen LogP contribution in [0.3, 0.4) is 0 Å². The van der Waals surface area contributed by atoms with E-state index in [0.717, 1.165) is 37.8 Å². The molecule has 1 aromatic carbocycles. The van der Waals surface area contributed by atoms with Crippen LogP contribution in [-0.2, 0) is 13.1 Å². The van der Waals surface area contributed by atoms with E-state index in [0.29, 0.717) is 12.5 Å². The maximum absolute atomic E-state index is 4.49. The molecule has 0 aliphatic carbocycles. The average molecular weight is 479 g/mol. The molecule has 2 heterocycles. The number of aromatic nitrogens is 2. The Labute approximate surface area is 179 Å². The second-order valence-corrected chi connectivity index (χ2v) is 7.08. The number of imidazole rings is 1. The van der Waals surface area contributed by atoms with E-state index in [4.69, 9.17) is 0 Å². The quantitative estimate of drug-likeness (QED) is 0.401. The monoisotopic (exact) mass is 479 g/mol. The van der Waals surface area contributed by atoms with E-state index in [1.807, 2.05) is 13.2 Å². The predicted molar refractivity (Wildman–Crippen MR) is 123 cm³/mol. The van der Waals surface area contributed by atoms with Crippen LogP contribution in [0.25, 0.3) is 5.57 Å². The summed E-state index contributed by atoms with van der Waals surface area (Å²) >= 11 is 0. The van der Waals surface area contributed by atoms with Crippen molar-refractivity contribution in [1.82, 2.24) is 19.8 Å². The van der Waals surface area contributed by atoms with Crippen molar-refractivity contribution in [2.75, 3.05) is 20.1 Å². The maximum atomic E-state index is 4.49. The highest BCUT2D eigenvalue weighted by molar-refractivity contribution is 14.0. The van der Waals surface area contributed by atoms with Crippen molar-refractivity contribution in [3.05, 3.63) is 60.2 Å². The number of nitrogens with zero attached hydrogens (tertiary/aromatic N) is 4. The van der Waals surface area contributed by atoms with Gasteiger partial charge in [0.2, 0.25) is 0 Å². The Bertz CT molecular complexity index is 764. The van der Waals surface area contributed by atoms with Gasteiger partial charge in [-0.2, -0.15) is 0 Å². The van der Waals surface area contributed by atoms with Gasteiger partial charge >= 0.3 is 0 Å². The molecule has 0 bridgehead atoms. The van der Waals surface area contributed by atoms with Gasteiger partial charge in [-0.15, -0.1) is 24.0 Å². The zero-order valence-corrected chi connectivity index (χ0v) is 18.8. The van der Waals surface area contributed by atoms with E-state index in [1.165, 1.54) is 11.1 Å². The Balaban J connectivity index is 0.00000261. The zero-order valence-electron chi connectivity index (χ0n) is 16.4. The van der Waals surface area contributed by atoms with E-state index >= 15 is 0 Å². The summed E-state index contributed by atoms with van der Waals surface area (Å²) in [5.74, 6) is 2.59. The molecule has 0 unspecified atom stereocenters. The Morgan fingerprint density at radius 2 is 2.04 bits per heavy atom. The molecule has 1 aliphatic heterocycles. The first-order valence-electron chi connectivity index (χ1n) is 9.37. The SMILES string of the molecule is CN=C(NCc1nccn1CC(C)C)N1CC=C(c2ccccc2)CC1.I. The van der Waals surface area contributed by atoms with Crippen molar-refractivity contribution in [2.45, 2.75) is 33.4 Å². The van der Waals surface area contributed by atoms with Crippen LogP contribution in [0.15, 0.2) is 53.8 Å². The molecule has 27 heavy (non-hydrogen) atoms. The van der Waals surface area contributed by atoms with Crippen LogP contribution in [-0.4, -0.2) is 40.5 Å². The van der Waals surface area contributed by atoms with Crippen LogP contribution in [0.5, 0.6) is 0 Å². The number of aliphatic imine (C=N–C) groups is 1. The fourth-order valence-corrected chi connectivity index (χ4v) is 3.33. The van der Waals surface area contributed by atoms with Gasteiger partial charge in [0.05, 0.1) is 6.54 Å². The summed E-state index contributed by atoms with van der Waals surface area (Å²) in [5, 5.41) is 3.47. The highest BCUT2D eigenvalue weighted by atomic mass is 127. The first kappa shape index (κ1) is 21.5. The average Bonchev–Trinajstić information content (AvgIpc) is 3.10. The number of hydrogen-bond acceptors (Lipinski definition) is 2. The Hall–Kier alpha value is -1.83. The van der Waals surface area contributed by atoms with Crippen molar-refractivity contribution in [3.8, 4) is 0 Å². The van der Waals surface area contributed by atoms with Crippen LogP contribution in [0.4, 0.5) is 0 Å². The molecule has 6 heteroatoms. The topological polar surface area (TPSA) is 45.5 Å². The van der Waals surface area contributed by atoms with Crippen LogP contribution in [0, 0.1) is 5.92 Å². The standard InChI is InChI=1S/C21H29N5.HI/c1-17(2)16-26-14-11-23-20(26)15-24-21(22-3)25-12-9-19(10-13-25)18-7-5-4-6-8-18;/h4-9,11,14,17H,10,12-13,15-16H2,1-3H3,(H,22,24);1H. The minimum atomic E-state index is 0. The molecule has 146 valence electrons. The molecule has 3 rings (SSSR count). The number of guanidine groups is 1. The molecule has 0 atom stereocenters. The molecule has 2 aromatic rings. The van der Waals surface area contributed by atoms with Gasteiger partial charge in [0.25, 0.3) is 0 Å².